The number of allylic oxidation sites excluding steroid dienone is 4. The van der Waals surface area contributed by atoms with E-state index in [1.165, 1.54) is 85.8 Å². The molecule has 19 rings (SSSR count). The van der Waals surface area contributed by atoms with E-state index in [-0.39, 0.29) is 135 Å². The summed E-state index contributed by atoms with van der Waals surface area (Å²) in [4.78, 5) is 63.9. The number of aryl methyl sites for hydroxylation is 3. The van der Waals surface area contributed by atoms with E-state index < -0.39 is 27.8 Å². The van der Waals surface area contributed by atoms with E-state index in [0.29, 0.717) is 0 Å². The molecule has 2 N–H and O–H groups in total. The number of alkyl halides is 3. The molecule has 16 nitrogen and oxygen atoms in total. The van der Waals surface area contributed by atoms with Crippen LogP contribution in [0.4, 0.5) is 13.2 Å². The summed E-state index contributed by atoms with van der Waals surface area (Å²) in [5, 5.41) is 31.0. The molecule has 1 aliphatic rings. The number of fused-ring (bicyclic) bond motifs is 1. The van der Waals surface area contributed by atoms with Crippen LogP contribution < -0.4 is 26.3 Å². The molecule has 1 aliphatic carbocycles. The molecule has 9 aromatic heterocycles. The van der Waals surface area contributed by atoms with Crippen LogP contribution in [-0.4, -0.2) is 90.0 Å². The quantitative estimate of drug-likeness (QED) is 0.0339. The summed E-state index contributed by atoms with van der Waals surface area (Å²) in [5.41, 5.74) is 16.2. The van der Waals surface area contributed by atoms with E-state index in [1.54, 1.807) is 67.6 Å². The molecule has 9 aromatic carbocycles. The number of aromatic nitrogens is 12. The van der Waals surface area contributed by atoms with Gasteiger partial charge in [0.2, 0.25) is 0 Å². The van der Waals surface area contributed by atoms with Crippen LogP contribution in [0.25, 0.3) is 89.8 Å². The predicted octanol–water partition coefficient (Wildman–Crippen LogP) is 24.3. The second-order valence-electron chi connectivity index (χ2n) is 29.3. The minimum Gasteiger partial charge on any atom is -0.512 e. The van der Waals surface area contributed by atoms with Crippen LogP contribution in [0.2, 0.25) is 0 Å². The first kappa shape index (κ1) is 117. The van der Waals surface area contributed by atoms with E-state index in [0.717, 1.165) is 102 Å². The molecule has 9 heterocycles. The number of pyridine rings is 5. The van der Waals surface area contributed by atoms with Gasteiger partial charge in [-0.1, -0.05) is 175 Å². The van der Waals surface area contributed by atoms with E-state index in [2.05, 4.69) is 239 Å². The number of ketones is 2. The number of carbonyl (C=O) groups is 2. The number of aliphatic hydroxyl groups is 2. The molecule has 27 heteroatoms. The molecule has 0 atom stereocenters. The average Bonchev–Trinajstić information content (AvgIpc) is 1.59. The molecule has 710 valence electrons. The third-order valence-corrected chi connectivity index (χ3v) is 24.6. The van der Waals surface area contributed by atoms with Crippen molar-refractivity contribution in [1.82, 2.24) is 60.0 Å². The first-order valence-electron chi connectivity index (χ1n) is 42.6. The zero-order chi connectivity index (χ0) is 94.0. The fourth-order valence-corrected chi connectivity index (χ4v) is 16.8. The van der Waals surface area contributed by atoms with E-state index >= 15 is 0 Å². The standard InChI is InChI=1S/C20H17N2.C16H11N2.2C13H13P.C11H8N.C10H8N2.C9H6F3N4.C9H6NS.2C5H8O2.2Ir.Os.Pt.Ru/c1-3-9-15(10-4-1)19-20(16-11-5-2-6-12-16)22-18-14-8-7-13-17(18)21-19;1-3-7-13(8-4-1)15-16(18-12-11-17-15)14-9-5-2-6-10-14;2*1-14(12-8-4-2-5-9-12)13-10-6-3-7-11-13;1-2-6-10(7-3-1)11-8-4-5-9-12-11;1-3-7-11-9(5-1)10-6-2-4-8-12-10;1-5-2-3-13-6(4-5)7-14-8(16-15-7)9(10,11)12;1-2-6-10-8(4-1)9-5-3-7-11-9;2*1-4(6)3-5(2)7;;;;;/h1-6,9-11H,7-8,13-14H2;1-9,11-12H;2*2-11H,1H3;1-6,8-9H;1-8H;2-4H,1H3;1-4,6-7H;2*3,6H,1-2H3;;;;;/q2*-1;;;-1;;2*-1;;;;;+1;;+1/p+2. The van der Waals surface area contributed by atoms with Crippen molar-refractivity contribution >= 4 is 60.0 Å². The number of halogens is 3. The van der Waals surface area contributed by atoms with Gasteiger partial charge in [-0.05, 0) is 191 Å². The van der Waals surface area contributed by atoms with Crippen molar-refractivity contribution in [2.75, 3.05) is 13.3 Å². The Balaban J connectivity index is 0.000000274. The number of nitrogens with zero attached hydrogens (tertiary/aromatic N) is 12. The molecular formula is C111H100F3Ir2N12O4OsP2PtRuS-. The Morgan fingerprint density at radius 3 is 1.09 bits per heavy atom. The average molecular weight is 2690 g/mol. The molecule has 4 radical (unpaired) electrons. The Kier molecular flexibility index (Phi) is 54.9. The van der Waals surface area contributed by atoms with Gasteiger partial charge in [0.15, 0.2) is 11.6 Å². The minimum atomic E-state index is -4.57. The van der Waals surface area contributed by atoms with E-state index in [1.807, 2.05) is 187 Å². The summed E-state index contributed by atoms with van der Waals surface area (Å²) < 4.78 is 36.6. The maximum Gasteiger partial charge on any atom is 1.00 e. The van der Waals surface area contributed by atoms with Crippen molar-refractivity contribution in [2.24, 2.45) is 0 Å². The monoisotopic (exact) mass is 2690 g/mol. The number of thiophene rings is 1. The van der Waals surface area contributed by atoms with Gasteiger partial charge in [-0.25, -0.2) is 11.3 Å². The predicted molar refractivity (Wildman–Crippen MR) is 538 cm³/mol. The van der Waals surface area contributed by atoms with Crippen LogP contribution in [-0.2, 0) is 129 Å². The molecule has 0 bridgehead atoms. The zero-order valence-corrected chi connectivity index (χ0v) is 90.5. The van der Waals surface area contributed by atoms with Crippen LogP contribution in [0.15, 0.2) is 418 Å². The van der Waals surface area contributed by atoms with E-state index in [4.69, 9.17) is 20.2 Å². The van der Waals surface area contributed by atoms with E-state index in [9.17, 15) is 22.8 Å². The van der Waals surface area contributed by atoms with Gasteiger partial charge in [-0.3, -0.25) is 44.6 Å². The molecule has 0 aliphatic heterocycles. The van der Waals surface area contributed by atoms with Crippen molar-refractivity contribution in [1.29, 1.82) is 0 Å². The van der Waals surface area contributed by atoms with Crippen LogP contribution in [0.1, 0.15) is 63.3 Å². The molecule has 0 saturated heterocycles. The Morgan fingerprint density at radius 1 is 0.391 bits per heavy atom. The first-order valence-corrected chi connectivity index (χ1v) is 47.5. The molecule has 0 fully saturated rings. The van der Waals surface area contributed by atoms with Crippen LogP contribution in [0.3, 0.4) is 0 Å². The molecular weight excluding hydrogens is 2590 g/mol. The Bertz CT molecular complexity index is 6000. The summed E-state index contributed by atoms with van der Waals surface area (Å²) in [6.07, 6.45) is 14.3. The van der Waals surface area contributed by atoms with Crippen molar-refractivity contribution < 1.29 is 134 Å². The van der Waals surface area contributed by atoms with Gasteiger partial charge >= 0.3 is 45.4 Å². The number of rotatable bonds is 14. The van der Waals surface area contributed by atoms with Gasteiger partial charge in [-0.2, -0.15) is 25.3 Å². The number of aliphatic hydroxyl groups excluding tert-OH is 2. The molecule has 0 amide bonds. The van der Waals surface area contributed by atoms with Gasteiger partial charge in [0.25, 0.3) is 0 Å². The van der Waals surface area contributed by atoms with Gasteiger partial charge in [0, 0.05) is 128 Å². The second-order valence-corrected chi connectivity index (χ2v) is 35.0. The fraction of sp³-hybridized carbons (Fsp3) is 0.108. The number of hydrogen-bond donors (Lipinski definition) is 2. The Morgan fingerprint density at radius 2 is 0.746 bits per heavy atom. The molecule has 138 heavy (non-hydrogen) atoms. The van der Waals surface area contributed by atoms with Gasteiger partial charge in [0.05, 0.1) is 102 Å². The summed E-state index contributed by atoms with van der Waals surface area (Å²) >= 11 is 1.66. The van der Waals surface area contributed by atoms with Gasteiger partial charge in [-0.15, -0.1) is 113 Å². The maximum absolute atomic E-state index is 12.2. The summed E-state index contributed by atoms with van der Waals surface area (Å²) in [6, 6.07) is 128. The normalized spacial score (nSPS) is 10.6. The summed E-state index contributed by atoms with van der Waals surface area (Å²) in [7, 11) is -1.09. The first-order chi connectivity index (χ1) is 64.7. The molecule has 18 aromatic rings. The van der Waals surface area contributed by atoms with Crippen molar-refractivity contribution in [3.8, 4) is 89.8 Å². The molecule has 0 unspecified atom stereocenters. The van der Waals surface area contributed by atoms with Crippen LogP contribution in [0.5, 0.6) is 0 Å². The third kappa shape index (κ3) is 41.0. The smallest absolute Gasteiger partial charge is 0.512 e. The fourth-order valence-electron chi connectivity index (χ4n) is 12.7. The topological polar surface area (TPSA) is 230 Å². The van der Waals surface area contributed by atoms with Gasteiger partial charge < -0.3 is 35.2 Å². The minimum absolute atomic E-state index is 0. The van der Waals surface area contributed by atoms with Crippen molar-refractivity contribution in [3.63, 3.8) is 0 Å². The number of benzene rings is 9. The van der Waals surface area contributed by atoms with Gasteiger partial charge in [0.1, 0.15) is 5.82 Å². The SMILES string of the molecule is CC(=O)C=C(C)O.CC(=O)C=C(C)O.C[PH+](c1ccccc1)c1ccccc1.C[PH+](c1ccccc1)c1ccccc1.Cc1ccnc(-c2nc(C(F)(F)F)n[n-]2)c1.[Ir].[Ir].[Os+].[Pt].[Ru+].[c-]1ccccc1-c1ccccn1.[c-]1ccccc1-c1nc2c(nc1-c1ccccc1)CCCC2.[c-]1ccccc1-c1nccnc1-c1ccccc1.[c-]1ccsc1-c1ccccn1.c1ccc(-c2ccccn2)nc1. The molecule has 0 spiro atoms. The van der Waals surface area contributed by atoms with Crippen LogP contribution >= 0.6 is 27.2 Å². The second kappa shape index (κ2) is 65.0. The number of hydrogen-bond acceptors (Lipinski definition) is 16. The van der Waals surface area contributed by atoms with Crippen molar-refractivity contribution in [2.45, 2.75) is 66.5 Å². The largest absolute Gasteiger partial charge is 1.00 e. The van der Waals surface area contributed by atoms with Crippen LogP contribution in [0, 0.1) is 31.2 Å². The maximum atomic E-state index is 12.2. The zero-order valence-electron chi connectivity index (χ0n) is 76.3. The summed E-state index contributed by atoms with van der Waals surface area (Å²) in [5.74, 6) is -1.48. The Hall–Kier alpha value is -12.0. The van der Waals surface area contributed by atoms with Crippen molar-refractivity contribution in [3.05, 3.63) is 465 Å². The third-order valence-electron chi connectivity index (χ3n) is 19.0. The summed E-state index contributed by atoms with van der Waals surface area (Å²) in [6.45, 7) is 12.2. The molecule has 0 saturated carbocycles. The Labute approximate surface area is 880 Å². The number of carbonyl (C=O) groups excluding carboxylic acids is 2.